The Kier molecular flexibility index (Phi) is 5.48. The summed E-state index contributed by atoms with van der Waals surface area (Å²) in [4.78, 5) is 14.2. The Morgan fingerprint density at radius 3 is 2.04 bits per heavy atom. The van der Waals surface area contributed by atoms with E-state index in [1.54, 1.807) is 29.6 Å². The molecule has 2 aromatic heterocycles. The quantitative estimate of drug-likeness (QED) is 0.635. The van der Waals surface area contributed by atoms with E-state index in [9.17, 15) is 4.79 Å². The topological polar surface area (TPSA) is 55.8 Å². The van der Waals surface area contributed by atoms with Gasteiger partial charge in [-0.2, -0.15) is 0 Å². The molecule has 0 aliphatic rings. The summed E-state index contributed by atoms with van der Waals surface area (Å²) in [5, 5.41) is 0. The highest BCUT2D eigenvalue weighted by Crippen LogP contribution is 2.12. The van der Waals surface area contributed by atoms with E-state index in [4.69, 9.17) is 13.6 Å². The van der Waals surface area contributed by atoms with E-state index in [1.807, 2.05) is 42.5 Å². The number of nitrogens with zero attached hydrogens (tertiary/aromatic N) is 1. The van der Waals surface area contributed by atoms with Crippen LogP contribution >= 0.6 is 0 Å². The fourth-order valence-corrected chi connectivity index (χ4v) is 2.34. The fraction of sp³-hybridized carbons (Fsp3) is 0.211. The molecule has 0 aliphatic heterocycles. The SMILES string of the molecule is O=C(COCc1ccccc1)N(Cc1ccco1)Cc1ccco1. The van der Waals surface area contributed by atoms with Gasteiger partial charge in [-0.25, -0.2) is 0 Å². The molecule has 124 valence electrons. The van der Waals surface area contributed by atoms with Crippen LogP contribution < -0.4 is 0 Å². The summed E-state index contributed by atoms with van der Waals surface area (Å²) in [6.45, 7) is 1.17. The minimum Gasteiger partial charge on any atom is -0.467 e. The fourth-order valence-electron chi connectivity index (χ4n) is 2.34. The van der Waals surface area contributed by atoms with E-state index in [2.05, 4.69) is 0 Å². The average molecular weight is 325 g/mol. The van der Waals surface area contributed by atoms with Crippen molar-refractivity contribution in [3.63, 3.8) is 0 Å². The zero-order valence-electron chi connectivity index (χ0n) is 13.3. The van der Waals surface area contributed by atoms with Crippen LogP contribution in [0.4, 0.5) is 0 Å². The molecule has 2 heterocycles. The molecule has 0 saturated carbocycles. The van der Waals surface area contributed by atoms with Gasteiger partial charge in [0.2, 0.25) is 5.91 Å². The first kappa shape index (κ1) is 16.1. The third-order valence-electron chi connectivity index (χ3n) is 3.54. The van der Waals surface area contributed by atoms with E-state index >= 15 is 0 Å². The van der Waals surface area contributed by atoms with Crippen molar-refractivity contribution in [2.24, 2.45) is 0 Å². The van der Waals surface area contributed by atoms with Crippen molar-refractivity contribution in [3.05, 3.63) is 84.2 Å². The lowest BCUT2D eigenvalue weighted by Crippen LogP contribution is -2.33. The lowest BCUT2D eigenvalue weighted by molar-refractivity contribution is -0.138. The summed E-state index contributed by atoms with van der Waals surface area (Å²) in [6, 6.07) is 17.1. The maximum atomic E-state index is 12.5. The van der Waals surface area contributed by atoms with E-state index in [1.165, 1.54) is 0 Å². The molecule has 0 fully saturated rings. The van der Waals surface area contributed by atoms with Gasteiger partial charge in [-0.3, -0.25) is 4.79 Å². The normalized spacial score (nSPS) is 10.7. The predicted octanol–water partition coefficient (Wildman–Crippen LogP) is 3.62. The molecule has 3 rings (SSSR count). The monoisotopic (exact) mass is 325 g/mol. The number of hydrogen-bond acceptors (Lipinski definition) is 4. The Hall–Kier alpha value is -2.79. The Balaban J connectivity index is 1.57. The van der Waals surface area contributed by atoms with Crippen LogP contribution in [0.5, 0.6) is 0 Å². The van der Waals surface area contributed by atoms with Gasteiger partial charge in [0.25, 0.3) is 0 Å². The van der Waals surface area contributed by atoms with Crippen LogP contribution in [0.3, 0.4) is 0 Å². The molecule has 5 heteroatoms. The van der Waals surface area contributed by atoms with E-state index in [0.717, 1.165) is 17.1 Å². The molecule has 1 aromatic carbocycles. The molecule has 0 unspecified atom stereocenters. The first-order valence-electron chi connectivity index (χ1n) is 7.75. The van der Waals surface area contributed by atoms with E-state index in [-0.39, 0.29) is 12.5 Å². The first-order valence-corrected chi connectivity index (χ1v) is 7.75. The van der Waals surface area contributed by atoms with Crippen molar-refractivity contribution in [1.82, 2.24) is 4.90 Å². The summed E-state index contributed by atoms with van der Waals surface area (Å²) in [7, 11) is 0. The third kappa shape index (κ3) is 4.60. The van der Waals surface area contributed by atoms with E-state index < -0.39 is 0 Å². The second-order valence-electron chi connectivity index (χ2n) is 5.39. The van der Waals surface area contributed by atoms with Crippen LogP contribution in [-0.2, 0) is 29.2 Å². The number of furan rings is 2. The number of carbonyl (C=O) groups is 1. The summed E-state index contributed by atoms with van der Waals surface area (Å²) < 4.78 is 16.2. The number of amides is 1. The summed E-state index contributed by atoms with van der Waals surface area (Å²) in [6.07, 6.45) is 3.19. The zero-order valence-corrected chi connectivity index (χ0v) is 13.3. The van der Waals surface area contributed by atoms with E-state index in [0.29, 0.717) is 19.7 Å². The summed E-state index contributed by atoms with van der Waals surface area (Å²) in [5.41, 5.74) is 1.04. The molecule has 0 spiro atoms. The number of benzene rings is 1. The van der Waals surface area contributed by atoms with Crippen molar-refractivity contribution in [1.29, 1.82) is 0 Å². The molecule has 0 saturated heterocycles. The molecule has 0 radical (unpaired) electrons. The van der Waals surface area contributed by atoms with Crippen LogP contribution in [0, 0.1) is 0 Å². The first-order chi connectivity index (χ1) is 11.8. The highest BCUT2D eigenvalue weighted by molar-refractivity contribution is 5.77. The molecule has 1 amide bonds. The Bertz CT molecular complexity index is 684. The maximum Gasteiger partial charge on any atom is 0.249 e. The molecule has 0 bridgehead atoms. The third-order valence-corrected chi connectivity index (χ3v) is 3.54. The van der Waals surface area contributed by atoms with Gasteiger partial charge in [0.15, 0.2) is 0 Å². The van der Waals surface area contributed by atoms with Crippen LogP contribution in [0.1, 0.15) is 17.1 Å². The van der Waals surface area contributed by atoms with Crippen molar-refractivity contribution in [2.45, 2.75) is 19.7 Å². The predicted molar refractivity (Wildman–Crippen MR) is 87.8 cm³/mol. The summed E-state index contributed by atoms with van der Waals surface area (Å²) in [5.74, 6) is 1.33. The van der Waals surface area contributed by atoms with Crippen molar-refractivity contribution >= 4 is 5.91 Å². The van der Waals surface area contributed by atoms with Crippen molar-refractivity contribution in [3.8, 4) is 0 Å². The Labute approximate surface area is 140 Å². The Morgan fingerprint density at radius 2 is 1.50 bits per heavy atom. The number of rotatable bonds is 8. The van der Waals surface area contributed by atoms with Gasteiger partial charge in [0.05, 0.1) is 32.2 Å². The van der Waals surface area contributed by atoms with Gasteiger partial charge in [0, 0.05) is 0 Å². The standard InChI is InChI=1S/C19H19NO4/c21-19(15-22-14-16-6-2-1-3-7-16)20(12-17-8-4-10-23-17)13-18-9-5-11-24-18/h1-11H,12-15H2. The van der Waals surface area contributed by atoms with Crippen LogP contribution in [0.25, 0.3) is 0 Å². The second-order valence-corrected chi connectivity index (χ2v) is 5.39. The number of ether oxygens (including phenoxy) is 1. The molecular formula is C19H19NO4. The molecule has 0 atom stereocenters. The van der Waals surface area contributed by atoms with Crippen LogP contribution in [-0.4, -0.2) is 17.4 Å². The van der Waals surface area contributed by atoms with Gasteiger partial charge >= 0.3 is 0 Å². The maximum absolute atomic E-state index is 12.5. The molecule has 0 aliphatic carbocycles. The Morgan fingerprint density at radius 1 is 0.875 bits per heavy atom. The number of hydrogen-bond donors (Lipinski definition) is 0. The lowest BCUT2D eigenvalue weighted by atomic mass is 10.2. The zero-order chi connectivity index (χ0) is 16.6. The molecule has 0 N–H and O–H groups in total. The van der Waals surface area contributed by atoms with Gasteiger partial charge in [-0.1, -0.05) is 30.3 Å². The lowest BCUT2D eigenvalue weighted by Gasteiger charge is -2.20. The van der Waals surface area contributed by atoms with Crippen LogP contribution in [0.2, 0.25) is 0 Å². The number of carbonyl (C=O) groups excluding carboxylic acids is 1. The second kappa shape index (κ2) is 8.17. The van der Waals surface area contributed by atoms with Crippen molar-refractivity contribution in [2.75, 3.05) is 6.61 Å². The van der Waals surface area contributed by atoms with Crippen LogP contribution in [0.15, 0.2) is 76.0 Å². The molecule has 24 heavy (non-hydrogen) atoms. The molecule has 5 nitrogen and oxygen atoms in total. The molecule has 3 aromatic rings. The van der Waals surface area contributed by atoms with Gasteiger partial charge < -0.3 is 18.5 Å². The highest BCUT2D eigenvalue weighted by atomic mass is 16.5. The van der Waals surface area contributed by atoms with Gasteiger partial charge in [-0.05, 0) is 29.8 Å². The van der Waals surface area contributed by atoms with Crippen molar-refractivity contribution < 1.29 is 18.4 Å². The largest absolute Gasteiger partial charge is 0.467 e. The summed E-state index contributed by atoms with van der Waals surface area (Å²) >= 11 is 0. The smallest absolute Gasteiger partial charge is 0.249 e. The minimum absolute atomic E-state index is 0.0102. The minimum atomic E-state index is -0.112. The average Bonchev–Trinajstić information content (AvgIpc) is 3.29. The van der Waals surface area contributed by atoms with Gasteiger partial charge in [-0.15, -0.1) is 0 Å². The highest BCUT2D eigenvalue weighted by Gasteiger charge is 2.17. The van der Waals surface area contributed by atoms with Gasteiger partial charge in [0.1, 0.15) is 18.1 Å². The molecular weight excluding hydrogens is 306 g/mol.